The first-order chi connectivity index (χ1) is 7.60. The number of piperidine rings is 1. The SMILES string of the molecule is C[C@@H]1CCCN(S(=O)(=O)N2CCOCC2)C1. The first kappa shape index (κ1) is 12.3. The highest BCUT2D eigenvalue weighted by atomic mass is 32.2. The standard InChI is InChI=1S/C10H20N2O3S/c1-10-3-2-4-12(9-10)16(13,14)11-5-7-15-8-6-11/h10H,2-9H2,1H3/t10-/m1/s1. The van der Waals surface area contributed by atoms with E-state index in [0.29, 0.717) is 45.3 Å². The zero-order valence-corrected chi connectivity index (χ0v) is 10.6. The predicted octanol–water partition coefficient (Wildman–Crippen LogP) is 0.295. The molecule has 0 amide bonds. The number of hydrogen-bond acceptors (Lipinski definition) is 3. The number of hydrogen-bond donors (Lipinski definition) is 0. The smallest absolute Gasteiger partial charge is 0.282 e. The van der Waals surface area contributed by atoms with Crippen LogP contribution in [0, 0.1) is 5.92 Å². The fourth-order valence-electron chi connectivity index (χ4n) is 2.30. The average Bonchev–Trinajstić information content (AvgIpc) is 2.30. The van der Waals surface area contributed by atoms with Crippen molar-refractivity contribution in [2.24, 2.45) is 5.92 Å². The number of morpholine rings is 1. The molecule has 0 aromatic heterocycles. The lowest BCUT2D eigenvalue weighted by Gasteiger charge is -2.35. The van der Waals surface area contributed by atoms with Gasteiger partial charge in [0.2, 0.25) is 0 Å². The van der Waals surface area contributed by atoms with Gasteiger partial charge >= 0.3 is 0 Å². The van der Waals surface area contributed by atoms with Crippen molar-refractivity contribution in [2.75, 3.05) is 39.4 Å². The fourth-order valence-corrected chi connectivity index (χ4v) is 4.04. The maximum absolute atomic E-state index is 12.3. The third-order valence-electron chi connectivity index (χ3n) is 3.24. The quantitative estimate of drug-likeness (QED) is 0.706. The lowest BCUT2D eigenvalue weighted by molar-refractivity contribution is 0.0692. The van der Waals surface area contributed by atoms with E-state index in [1.54, 1.807) is 8.61 Å². The van der Waals surface area contributed by atoms with Crippen LogP contribution < -0.4 is 0 Å². The molecule has 0 aliphatic carbocycles. The molecule has 1 atom stereocenters. The van der Waals surface area contributed by atoms with E-state index in [4.69, 9.17) is 4.74 Å². The fraction of sp³-hybridized carbons (Fsp3) is 1.00. The molecule has 2 fully saturated rings. The van der Waals surface area contributed by atoms with Gasteiger partial charge in [-0.2, -0.15) is 17.0 Å². The monoisotopic (exact) mass is 248 g/mol. The Balaban J connectivity index is 2.05. The summed E-state index contributed by atoms with van der Waals surface area (Å²) < 4.78 is 32.9. The van der Waals surface area contributed by atoms with Gasteiger partial charge in [0.25, 0.3) is 10.2 Å². The summed E-state index contributed by atoms with van der Waals surface area (Å²) in [5.74, 6) is 0.476. The molecule has 2 rings (SSSR count). The number of ether oxygens (including phenoxy) is 1. The topological polar surface area (TPSA) is 49.9 Å². The zero-order valence-electron chi connectivity index (χ0n) is 9.76. The van der Waals surface area contributed by atoms with Gasteiger partial charge in [0, 0.05) is 26.2 Å². The molecule has 16 heavy (non-hydrogen) atoms. The minimum Gasteiger partial charge on any atom is -0.379 e. The van der Waals surface area contributed by atoms with Crippen molar-refractivity contribution in [3.8, 4) is 0 Å². The minimum absolute atomic E-state index is 0.476. The third kappa shape index (κ3) is 2.56. The van der Waals surface area contributed by atoms with E-state index in [1.165, 1.54) is 0 Å². The summed E-state index contributed by atoms with van der Waals surface area (Å²) in [5, 5.41) is 0. The molecule has 2 saturated heterocycles. The molecule has 0 N–H and O–H groups in total. The second kappa shape index (κ2) is 5.00. The Bertz CT molecular complexity index is 325. The van der Waals surface area contributed by atoms with E-state index < -0.39 is 10.2 Å². The molecule has 94 valence electrons. The van der Waals surface area contributed by atoms with Crippen LogP contribution in [0.1, 0.15) is 19.8 Å². The van der Waals surface area contributed by atoms with Crippen molar-refractivity contribution in [3.05, 3.63) is 0 Å². The van der Waals surface area contributed by atoms with E-state index in [1.807, 2.05) is 0 Å². The molecule has 2 aliphatic heterocycles. The van der Waals surface area contributed by atoms with Crippen LogP contribution in [0.25, 0.3) is 0 Å². The van der Waals surface area contributed by atoms with Crippen molar-refractivity contribution in [1.29, 1.82) is 0 Å². The third-order valence-corrected chi connectivity index (χ3v) is 5.24. The highest BCUT2D eigenvalue weighted by molar-refractivity contribution is 7.86. The second-order valence-electron chi connectivity index (χ2n) is 4.62. The molecule has 0 spiro atoms. The van der Waals surface area contributed by atoms with Crippen molar-refractivity contribution in [3.63, 3.8) is 0 Å². The summed E-state index contributed by atoms with van der Waals surface area (Å²) in [5.41, 5.74) is 0. The summed E-state index contributed by atoms with van der Waals surface area (Å²) >= 11 is 0. The number of rotatable bonds is 2. The molecule has 6 heteroatoms. The highest BCUT2D eigenvalue weighted by Crippen LogP contribution is 2.20. The normalized spacial score (nSPS) is 30.4. The highest BCUT2D eigenvalue weighted by Gasteiger charge is 2.33. The molecule has 0 bridgehead atoms. The number of nitrogens with zero attached hydrogens (tertiary/aromatic N) is 2. The predicted molar refractivity (Wildman–Crippen MR) is 61.3 cm³/mol. The van der Waals surface area contributed by atoms with Crippen molar-refractivity contribution < 1.29 is 13.2 Å². The van der Waals surface area contributed by atoms with Crippen LogP contribution in [0.2, 0.25) is 0 Å². The zero-order chi connectivity index (χ0) is 11.6. The van der Waals surface area contributed by atoms with Crippen LogP contribution in [-0.4, -0.2) is 56.4 Å². The first-order valence-electron chi connectivity index (χ1n) is 5.93. The summed E-state index contributed by atoms with van der Waals surface area (Å²) in [7, 11) is -3.23. The summed E-state index contributed by atoms with van der Waals surface area (Å²) in [6.07, 6.45) is 2.11. The largest absolute Gasteiger partial charge is 0.379 e. The van der Waals surface area contributed by atoms with Crippen molar-refractivity contribution >= 4 is 10.2 Å². The Morgan fingerprint density at radius 3 is 2.44 bits per heavy atom. The van der Waals surface area contributed by atoms with Crippen LogP contribution >= 0.6 is 0 Å². The first-order valence-corrected chi connectivity index (χ1v) is 7.33. The summed E-state index contributed by atoms with van der Waals surface area (Å²) in [6, 6.07) is 0. The second-order valence-corrected chi connectivity index (χ2v) is 6.55. The van der Waals surface area contributed by atoms with Crippen molar-refractivity contribution in [1.82, 2.24) is 8.61 Å². The maximum atomic E-state index is 12.3. The van der Waals surface area contributed by atoms with E-state index >= 15 is 0 Å². The Morgan fingerprint density at radius 1 is 1.12 bits per heavy atom. The van der Waals surface area contributed by atoms with Gasteiger partial charge in [0.15, 0.2) is 0 Å². The van der Waals surface area contributed by atoms with Crippen molar-refractivity contribution in [2.45, 2.75) is 19.8 Å². The van der Waals surface area contributed by atoms with Gasteiger partial charge in [0.05, 0.1) is 13.2 Å². The van der Waals surface area contributed by atoms with Crippen LogP contribution in [0.4, 0.5) is 0 Å². The molecule has 0 saturated carbocycles. The van der Waals surface area contributed by atoms with E-state index in [9.17, 15) is 8.42 Å². The maximum Gasteiger partial charge on any atom is 0.282 e. The lowest BCUT2D eigenvalue weighted by Crippen LogP contribution is -2.51. The molecular weight excluding hydrogens is 228 g/mol. The molecule has 0 radical (unpaired) electrons. The minimum atomic E-state index is -3.23. The van der Waals surface area contributed by atoms with Gasteiger partial charge in [-0.3, -0.25) is 0 Å². The Labute approximate surface area is 97.5 Å². The average molecular weight is 248 g/mol. The molecule has 0 unspecified atom stereocenters. The van der Waals surface area contributed by atoms with Gasteiger partial charge in [-0.15, -0.1) is 0 Å². The Morgan fingerprint density at radius 2 is 1.81 bits per heavy atom. The molecule has 5 nitrogen and oxygen atoms in total. The lowest BCUT2D eigenvalue weighted by atomic mass is 10.0. The summed E-state index contributed by atoms with van der Waals surface area (Å²) in [6.45, 7) is 5.47. The Kier molecular flexibility index (Phi) is 3.84. The van der Waals surface area contributed by atoms with Crippen LogP contribution in [-0.2, 0) is 14.9 Å². The van der Waals surface area contributed by atoms with Gasteiger partial charge in [-0.05, 0) is 18.8 Å². The van der Waals surface area contributed by atoms with E-state index in [-0.39, 0.29) is 0 Å². The Hall–Kier alpha value is -0.170. The molecule has 0 aromatic carbocycles. The molecule has 2 heterocycles. The summed E-state index contributed by atoms with van der Waals surface area (Å²) in [4.78, 5) is 0. The van der Waals surface area contributed by atoms with Crippen LogP contribution in [0.3, 0.4) is 0 Å². The van der Waals surface area contributed by atoms with Gasteiger partial charge in [-0.1, -0.05) is 6.92 Å². The molecule has 0 aromatic rings. The van der Waals surface area contributed by atoms with E-state index in [2.05, 4.69) is 6.92 Å². The van der Waals surface area contributed by atoms with Gasteiger partial charge < -0.3 is 4.74 Å². The van der Waals surface area contributed by atoms with E-state index in [0.717, 1.165) is 12.8 Å². The van der Waals surface area contributed by atoms with Gasteiger partial charge in [0.1, 0.15) is 0 Å². The van der Waals surface area contributed by atoms with Crippen LogP contribution in [0.5, 0.6) is 0 Å². The van der Waals surface area contributed by atoms with Gasteiger partial charge in [-0.25, -0.2) is 0 Å². The molecular formula is C10H20N2O3S. The van der Waals surface area contributed by atoms with Crippen LogP contribution in [0.15, 0.2) is 0 Å². The molecule has 2 aliphatic rings.